The summed E-state index contributed by atoms with van der Waals surface area (Å²) in [4.78, 5) is 0. The van der Waals surface area contributed by atoms with E-state index >= 15 is 0 Å². The molecule has 0 aliphatic heterocycles. The molecule has 0 unspecified atom stereocenters. The van der Waals surface area contributed by atoms with Crippen LogP contribution in [0.3, 0.4) is 0 Å². The molecule has 0 heterocycles. The summed E-state index contributed by atoms with van der Waals surface area (Å²) in [5, 5.41) is 0. The van der Waals surface area contributed by atoms with Crippen molar-refractivity contribution in [3.05, 3.63) is 89.5 Å². The zero-order chi connectivity index (χ0) is 22.5. The van der Waals surface area contributed by atoms with Gasteiger partial charge >= 0.3 is 0 Å². The number of hydrogen-bond donors (Lipinski definition) is 0. The smallest absolute Gasteiger partial charge is 0.190 e. The maximum atomic E-state index is 14.2. The van der Waals surface area contributed by atoms with E-state index in [4.69, 9.17) is 4.74 Å². The molecular formula is C29H32F2O. The van der Waals surface area contributed by atoms with Gasteiger partial charge in [0.25, 0.3) is 0 Å². The maximum Gasteiger partial charge on any atom is 0.190 e. The largest absolute Gasteiger partial charge is 0.488 e. The minimum absolute atomic E-state index is 0.231. The summed E-state index contributed by atoms with van der Waals surface area (Å²) in [7, 11) is 0. The van der Waals surface area contributed by atoms with Crippen LogP contribution in [0.5, 0.6) is 5.75 Å². The van der Waals surface area contributed by atoms with E-state index in [1.165, 1.54) is 55.4 Å². The summed E-state index contributed by atoms with van der Waals surface area (Å²) in [5.74, 6) is 0.345. The lowest BCUT2D eigenvalue weighted by Gasteiger charge is -2.30. The summed E-state index contributed by atoms with van der Waals surface area (Å²) in [5.41, 5.74) is 4.12. The normalized spacial score (nSPS) is 19.5. The van der Waals surface area contributed by atoms with Gasteiger partial charge in [-0.2, -0.15) is 0 Å². The summed E-state index contributed by atoms with van der Waals surface area (Å²) >= 11 is 0. The Bertz CT molecular complexity index is 982. The Balaban J connectivity index is 1.36. The molecule has 1 nitrogen and oxygen atoms in total. The van der Waals surface area contributed by atoms with E-state index in [1.54, 1.807) is 6.92 Å². The van der Waals surface area contributed by atoms with Crippen LogP contribution in [-0.2, 0) is 0 Å². The second-order valence-corrected chi connectivity index (χ2v) is 9.09. The fraction of sp³-hybridized carbons (Fsp3) is 0.379. The minimum atomic E-state index is -0.658. The fourth-order valence-electron chi connectivity index (χ4n) is 5.11. The van der Waals surface area contributed by atoms with Crippen LogP contribution in [0.25, 0.3) is 11.1 Å². The predicted octanol–water partition coefficient (Wildman–Crippen LogP) is 8.50. The SMILES string of the molecule is CCOc1c(F)cc(-c2ccc(C3CCC(C[C@H](C)c4ccccc4)CC3)cc2)cc1F. The third-order valence-electron chi connectivity index (χ3n) is 6.90. The van der Waals surface area contributed by atoms with Crippen molar-refractivity contribution >= 4 is 0 Å². The number of ether oxygens (including phenoxy) is 1. The number of halogens is 2. The summed E-state index contributed by atoms with van der Waals surface area (Å²) in [6.07, 6.45) is 6.19. The lowest BCUT2D eigenvalue weighted by molar-refractivity contribution is 0.297. The Kier molecular flexibility index (Phi) is 7.24. The Morgan fingerprint density at radius 2 is 1.47 bits per heavy atom. The molecular weight excluding hydrogens is 402 g/mol. The van der Waals surface area contributed by atoms with Gasteiger partial charge in [0.1, 0.15) is 0 Å². The van der Waals surface area contributed by atoms with Gasteiger partial charge in [0.15, 0.2) is 17.4 Å². The van der Waals surface area contributed by atoms with E-state index in [0.29, 0.717) is 17.4 Å². The highest BCUT2D eigenvalue weighted by atomic mass is 19.1. The fourth-order valence-corrected chi connectivity index (χ4v) is 5.11. The van der Waals surface area contributed by atoms with Crippen molar-refractivity contribution in [3.8, 4) is 16.9 Å². The maximum absolute atomic E-state index is 14.2. The zero-order valence-corrected chi connectivity index (χ0v) is 19.0. The van der Waals surface area contributed by atoms with Crippen molar-refractivity contribution in [2.24, 2.45) is 5.92 Å². The molecule has 168 valence electrons. The highest BCUT2D eigenvalue weighted by Gasteiger charge is 2.24. The first-order valence-electron chi connectivity index (χ1n) is 11.8. The Hall–Kier alpha value is -2.68. The van der Waals surface area contributed by atoms with Crippen LogP contribution in [0.15, 0.2) is 66.7 Å². The van der Waals surface area contributed by atoms with Crippen molar-refractivity contribution < 1.29 is 13.5 Å². The minimum Gasteiger partial charge on any atom is -0.488 e. The van der Waals surface area contributed by atoms with Gasteiger partial charge in [-0.15, -0.1) is 0 Å². The number of rotatable bonds is 7. The molecule has 3 heteroatoms. The highest BCUT2D eigenvalue weighted by Crippen LogP contribution is 2.40. The van der Waals surface area contributed by atoms with Crippen LogP contribution in [0.1, 0.15) is 68.9 Å². The van der Waals surface area contributed by atoms with Gasteiger partial charge in [-0.3, -0.25) is 0 Å². The predicted molar refractivity (Wildman–Crippen MR) is 127 cm³/mol. The first-order chi connectivity index (χ1) is 15.5. The molecule has 1 fully saturated rings. The molecule has 0 spiro atoms. The third kappa shape index (κ3) is 5.20. The van der Waals surface area contributed by atoms with Crippen LogP contribution in [0, 0.1) is 17.6 Å². The molecule has 0 saturated heterocycles. The van der Waals surface area contributed by atoms with Crippen LogP contribution < -0.4 is 4.74 Å². The lowest BCUT2D eigenvalue weighted by Crippen LogP contribution is -2.15. The van der Waals surface area contributed by atoms with Crippen molar-refractivity contribution in [2.75, 3.05) is 6.61 Å². The quantitative estimate of drug-likeness (QED) is 0.362. The van der Waals surface area contributed by atoms with Gasteiger partial charge in [-0.25, -0.2) is 8.78 Å². The van der Waals surface area contributed by atoms with Crippen LogP contribution in [0.4, 0.5) is 8.78 Å². The second-order valence-electron chi connectivity index (χ2n) is 9.09. The molecule has 32 heavy (non-hydrogen) atoms. The molecule has 1 atom stereocenters. The van der Waals surface area contributed by atoms with Crippen molar-refractivity contribution in [2.45, 2.75) is 57.8 Å². The van der Waals surface area contributed by atoms with Crippen molar-refractivity contribution in [1.82, 2.24) is 0 Å². The van der Waals surface area contributed by atoms with Gasteiger partial charge in [-0.05, 0) is 91.2 Å². The van der Waals surface area contributed by atoms with Crippen molar-refractivity contribution in [3.63, 3.8) is 0 Å². The number of hydrogen-bond acceptors (Lipinski definition) is 1. The summed E-state index contributed by atoms with van der Waals surface area (Å²) < 4.78 is 33.5. The molecule has 1 aliphatic rings. The summed E-state index contributed by atoms with van der Waals surface area (Å²) in [6, 6.07) is 21.7. The van der Waals surface area contributed by atoms with Crippen LogP contribution >= 0.6 is 0 Å². The van der Waals surface area contributed by atoms with E-state index in [9.17, 15) is 8.78 Å². The molecule has 0 aromatic heterocycles. The van der Waals surface area contributed by atoms with E-state index in [-0.39, 0.29) is 12.4 Å². The molecule has 3 aromatic rings. The Labute approximate surface area is 190 Å². The van der Waals surface area contributed by atoms with Crippen molar-refractivity contribution in [1.29, 1.82) is 0 Å². The molecule has 1 aliphatic carbocycles. The van der Waals surface area contributed by atoms with E-state index in [2.05, 4.69) is 49.4 Å². The van der Waals surface area contributed by atoms with E-state index in [0.717, 1.165) is 11.5 Å². The first kappa shape index (κ1) is 22.5. The first-order valence-corrected chi connectivity index (χ1v) is 11.8. The van der Waals surface area contributed by atoms with Gasteiger partial charge in [0.05, 0.1) is 6.61 Å². The topological polar surface area (TPSA) is 9.23 Å². The average molecular weight is 435 g/mol. The molecule has 4 rings (SSSR count). The Morgan fingerprint density at radius 3 is 2.06 bits per heavy atom. The second kappa shape index (κ2) is 10.3. The van der Waals surface area contributed by atoms with E-state index < -0.39 is 11.6 Å². The van der Waals surface area contributed by atoms with Gasteiger partial charge < -0.3 is 4.74 Å². The molecule has 0 bridgehead atoms. The molecule has 3 aromatic carbocycles. The molecule has 0 radical (unpaired) electrons. The third-order valence-corrected chi connectivity index (χ3v) is 6.90. The van der Waals surface area contributed by atoms with Gasteiger partial charge in [0, 0.05) is 0 Å². The van der Waals surface area contributed by atoms with Crippen LogP contribution in [-0.4, -0.2) is 6.61 Å². The summed E-state index contributed by atoms with van der Waals surface area (Å²) in [6.45, 7) is 4.28. The Morgan fingerprint density at radius 1 is 0.844 bits per heavy atom. The average Bonchev–Trinajstić information content (AvgIpc) is 2.82. The molecule has 0 N–H and O–H groups in total. The van der Waals surface area contributed by atoms with Gasteiger partial charge in [0.2, 0.25) is 0 Å². The number of benzene rings is 3. The molecule has 0 amide bonds. The zero-order valence-electron chi connectivity index (χ0n) is 19.0. The standard InChI is InChI=1S/C29H32F2O/c1-3-32-29-27(30)18-26(19-28(29)31)25-15-13-24(14-16-25)23-11-9-21(10-12-23)17-20(2)22-7-5-4-6-8-22/h4-8,13-16,18-21,23H,3,9-12,17H2,1-2H3/t20-,21?,23?/m0/s1. The highest BCUT2D eigenvalue weighted by molar-refractivity contribution is 5.65. The van der Waals surface area contributed by atoms with E-state index in [1.807, 2.05) is 12.1 Å². The van der Waals surface area contributed by atoms with Gasteiger partial charge in [-0.1, -0.05) is 61.5 Å². The monoisotopic (exact) mass is 434 g/mol. The van der Waals surface area contributed by atoms with Crippen LogP contribution in [0.2, 0.25) is 0 Å². The lowest BCUT2D eigenvalue weighted by atomic mass is 9.75. The molecule has 1 saturated carbocycles.